The Morgan fingerprint density at radius 2 is 2.17 bits per heavy atom. The summed E-state index contributed by atoms with van der Waals surface area (Å²) in [6, 6.07) is 0.151. The molecule has 2 unspecified atom stereocenters. The van der Waals surface area contributed by atoms with Gasteiger partial charge in [-0.25, -0.2) is 0 Å². The number of hydrogen-bond acceptors (Lipinski definition) is 5. The van der Waals surface area contributed by atoms with Crippen LogP contribution in [-0.4, -0.2) is 75.5 Å². The zero-order valence-corrected chi connectivity index (χ0v) is 11.0. The summed E-state index contributed by atoms with van der Waals surface area (Å²) in [7, 11) is 0. The summed E-state index contributed by atoms with van der Waals surface area (Å²) in [5, 5.41) is 6.14. The second kappa shape index (κ2) is 7.04. The van der Waals surface area contributed by atoms with E-state index in [4.69, 9.17) is 9.47 Å². The van der Waals surface area contributed by atoms with Crippen molar-refractivity contribution >= 4 is 5.91 Å². The molecule has 6 heteroatoms. The lowest BCUT2D eigenvalue weighted by Gasteiger charge is -2.32. The van der Waals surface area contributed by atoms with E-state index in [0.29, 0.717) is 25.8 Å². The highest BCUT2D eigenvalue weighted by molar-refractivity contribution is 5.82. The molecule has 2 rings (SSSR count). The van der Waals surface area contributed by atoms with Crippen molar-refractivity contribution in [3.05, 3.63) is 0 Å². The predicted molar refractivity (Wildman–Crippen MR) is 67.5 cm³/mol. The van der Waals surface area contributed by atoms with Gasteiger partial charge in [-0.1, -0.05) is 0 Å². The fraction of sp³-hybridized carbons (Fsp3) is 0.917. The molecule has 2 N–H and O–H groups in total. The van der Waals surface area contributed by atoms with E-state index in [2.05, 4.69) is 22.5 Å². The monoisotopic (exact) mass is 257 g/mol. The Morgan fingerprint density at radius 3 is 2.83 bits per heavy atom. The van der Waals surface area contributed by atoms with Crippen LogP contribution in [0, 0.1) is 0 Å². The Labute approximate surface area is 108 Å². The maximum Gasteiger partial charge on any atom is 0.239 e. The zero-order valence-electron chi connectivity index (χ0n) is 11.0. The van der Waals surface area contributed by atoms with Gasteiger partial charge in [0.15, 0.2) is 0 Å². The first-order chi connectivity index (χ1) is 8.77. The molecule has 0 aromatic heterocycles. The van der Waals surface area contributed by atoms with E-state index in [0.717, 1.165) is 32.8 Å². The lowest BCUT2D eigenvalue weighted by molar-refractivity contribution is -0.126. The third-order valence-electron chi connectivity index (χ3n) is 3.48. The van der Waals surface area contributed by atoms with Gasteiger partial charge < -0.3 is 20.1 Å². The van der Waals surface area contributed by atoms with E-state index >= 15 is 0 Å². The lowest BCUT2D eigenvalue weighted by atomic mass is 10.2. The molecule has 0 saturated carbocycles. The van der Waals surface area contributed by atoms with Crippen molar-refractivity contribution < 1.29 is 14.3 Å². The summed E-state index contributed by atoms with van der Waals surface area (Å²) < 4.78 is 10.6. The number of carbonyl (C=O) groups excluding carboxylic acids is 1. The van der Waals surface area contributed by atoms with Crippen molar-refractivity contribution in [2.75, 3.05) is 52.6 Å². The second-order valence-corrected chi connectivity index (χ2v) is 4.82. The fourth-order valence-electron chi connectivity index (χ4n) is 2.25. The number of amides is 1. The van der Waals surface area contributed by atoms with E-state index < -0.39 is 0 Å². The van der Waals surface area contributed by atoms with Crippen molar-refractivity contribution in [3.8, 4) is 0 Å². The lowest BCUT2D eigenvalue weighted by Crippen LogP contribution is -2.54. The van der Waals surface area contributed by atoms with Gasteiger partial charge in [-0.15, -0.1) is 0 Å². The minimum atomic E-state index is -0.198. The number of ether oxygens (including phenoxy) is 2. The van der Waals surface area contributed by atoms with Gasteiger partial charge in [0, 0.05) is 32.2 Å². The first kappa shape index (κ1) is 13.7. The van der Waals surface area contributed by atoms with Crippen LogP contribution in [0.3, 0.4) is 0 Å². The smallest absolute Gasteiger partial charge is 0.239 e. The standard InChI is InChI=1S/C12H23N3O3/c1-10(15-3-6-17-7-4-15)8-14-12(16)11-9-18-5-2-13-11/h10-11,13H,2-9H2,1H3,(H,14,16). The molecule has 18 heavy (non-hydrogen) atoms. The van der Waals surface area contributed by atoms with Crippen LogP contribution in [0.5, 0.6) is 0 Å². The maximum absolute atomic E-state index is 11.9. The summed E-state index contributed by atoms with van der Waals surface area (Å²) in [6.07, 6.45) is 0. The Hall–Kier alpha value is -0.690. The highest BCUT2D eigenvalue weighted by Crippen LogP contribution is 2.02. The van der Waals surface area contributed by atoms with Gasteiger partial charge >= 0.3 is 0 Å². The van der Waals surface area contributed by atoms with Gasteiger partial charge in [0.1, 0.15) is 6.04 Å². The van der Waals surface area contributed by atoms with Gasteiger partial charge in [-0.05, 0) is 6.92 Å². The molecule has 2 fully saturated rings. The molecule has 0 aromatic carbocycles. The summed E-state index contributed by atoms with van der Waals surface area (Å²) in [5.74, 6) is 0.0369. The van der Waals surface area contributed by atoms with Crippen molar-refractivity contribution in [2.24, 2.45) is 0 Å². The Bertz CT molecular complexity index is 263. The predicted octanol–water partition coefficient (Wildman–Crippen LogP) is -1.19. The Kier molecular flexibility index (Phi) is 5.37. The van der Waals surface area contributed by atoms with E-state index in [-0.39, 0.29) is 11.9 Å². The van der Waals surface area contributed by atoms with E-state index in [1.807, 2.05) is 0 Å². The van der Waals surface area contributed by atoms with E-state index in [9.17, 15) is 4.79 Å². The topological polar surface area (TPSA) is 62.8 Å². The van der Waals surface area contributed by atoms with Gasteiger partial charge in [0.05, 0.1) is 26.4 Å². The SMILES string of the molecule is CC(CNC(=O)C1COCCN1)N1CCOCC1. The van der Waals surface area contributed by atoms with Crippen molar-refractivity contribution in [2.45, 2.75) is 19.0 Å². The minimum Gasteiger partial charge on any atom is -0.379 e. The molecule has 2 heterocycles. The molecule has 0 radical (unpaired) electrons. The largest absolute Gasteiger partial charge is 0.379 e. The summed E-state index contributed by atoms with van der Waals surface area (Å²) in [6.45, 7) is 8.19. The average Bonchev–Trinajstić information content (AvgIpc) is 2.46. The number of nitrogens with zero attached hydrogens (tertiary/aromatic N) is 1. The number of morpholine rings is 2. The first-order valence-corrected chi connectivity index (χ1v) is 6.68. The molecule has 6 nitrogen and oxygen atoms in total. The second-order valence-electron chi connectivity index (χ2n) is 4.82. The van der Waals surface area contributed by atoms with Crippen molar-refractivity contribution in [3.63, 3.8) is 0 Å². The molecule has 0 aromatic rings. The number of nitrogens with one attached hydrogen (secondary N) is 2. The molecule has 0 bridgehead atoms. The van der Waals surface area contributed by atoms with Crippen LogP contribution in [0.1, 0.15) is 6.92 Å². The van der Waals surface area contributed by atoms with Gasteiger partial charge in [0.2, 0.25) is 5.91 Å². The molecular weight excluding hydrogens is 234 g/mol. The summed E-state index contributed by atoms with van der Waals surface area (Å²) in [5.41, 5.74) is 0. The minimum absolute atomic E-state index is 0.0369. The summed E-state index contributed by atoms with van der Waals surface area (Å²) >= 11 is 0. The maximum atomic E-state index is 11.9. The molecule has 104 valence electrons. The van der Waals surface area contributed by atoms with Crippen molar-refractivity contribution in [1.29, 1.82) is 0 Å². The molecule has 1 amide bonds. The van der Waals surface area contributed by atoms with Crippen LogP contribution in [-0.2, 0) is 14.3 Å². The normalized spacial score (nSPS) is 27.7. The van der Waals surface area contributed by atoms with Crippen molar-refractivity contribution in [1.82, 2.24) is 15.5 Å². The summed E-state index contributed by atoms with van der Waals surface area (Å²) in [4.78, 5) is 14.2. The van der Waals surface area contributed by atoms with Crippen LogP contribution < -0.4 is 10.6 Å². The van der Waals surface area contributed by atoms with Crippen LogP contribution in [0.25, 0.3) is 0 Å². The molecular formula is C12H23N3O3. The van der Waals surface area contributed by atoms with E-state index in [1.54, 1.807) is 0 Å². The Morgan fingerprint density at radius 1 is 1.39 bits per heavy atom. The van der Waals surface area contributed by atoms with Gasteiger partial charge in [0.25, 0.3) is 0 Å². The number of hydrogen-bond donors (Lipinski definition) is 2. The Balaban J connectivity index is 1.67. The van der Waals surface area contributed by atoms with Crippen LogP contribution >= 0.6 is 0 Å². The quantitative estimate of drug-likeness (QED) is 0.663. The molecule has 0 spiro atoms. The van der Waals surface area contributed by atoms with E-state index in [1.165, 1.54) is 0 Å². The van der Waals surface area contributed by atoms with Crippen LogP contribution in [0.15, 0.2) is 0 Å². The number of rotatable bonds is 4. The number of carbonyl (C=O) groups is 1. The molecule has 0 aliphatic carbocycles. The molecule has 2 saturated heterocycles. The zero-order chi connectivity index (χ0) is 12.8. The average molecular weight is 257 g/mol. The fourth-order valence-corrected chi connectivity index (χ4v) is 2.25. The molecule has 2 aliphatic rings. The van der Waals surface area contributed by atoms with Crippen LogP contribution in [0.4, 0.5) is 0 Å². The highest BCUT2D eigenvalue weighted by atomic mass is 16.5. The van der Waals surface area contributed by atoms with Crippen LogP contribution in [0.2, 0.25) is 0 Å². The first-order valence-electron chi connectivity index (χ1n) is 6.68. The van der Waals surface area contributed by atoms with Gasteiger partial charge in [-0.3, -0.25) is 9.69 Å². The highest BCUT2D eigenvalue weighted by Gasteiger charge is 2.22. The third kappa shape index (κ3) is 3.91. The molecule has 2 aliphatic heterocycles. The third-order valence-corrected chi connectivity index (χ3v) is 3.48. The van der Waals surface area contributed by atoms with Gasteiger partial charge in [-0.2, -0.15) is 0 Å². The molecule has 2 atom stereocenters.